The summed E-state index contributed by atoms with van der Waals surface area (Å²) in [4.78, 5) is 12.3. The summed E-state index contributed by atoms with van der Waals surface area (Å²) in [5, 5.41) is 3.48. The second-order valence-corrected chi connectivity index (χ2v) is 6.09. The van der Waals surface area contributed by atoms with Crippen LogP contribution in [0.2, 0.25) is 0 Å². The molecular formula is C19H23N3O2S. The minimum absolute atomic E-state index is 0.289. The number of para-hydroxylation sites is 1. The van der Waals surface area contributed by atoms with Crippen LogP contribution in [0.5, 0.6) is 5.75 Å². The maximum absolute atomic E-state index is 12.3. The molecule has 0 aromatic heterocycles. The standard InChI is InChI=1S/C19H23N3O2S/c1-5-14-8-6-7-13(3)17(14)20-19(25)22-21-18(23)15-10-9-12(2)16(11-15)24-4/h6-11H,5H2,1-4H3,(H,21,23)(H2,20,22,25). The molecule has 25 heavy (non-hydrogen) atoms. The first-order valence-electron chi connectivity index (χ1n) is 8.06. The summed E-state index contributed by atoms with van der Waals surface area (Å²) < 4.78 is 5.24. The minimum Gasteiger partial charge on any atom is -0.496 e. The molecule has 0 unspecified atom stereocenters. The van der Waals surface area contributed by atoms with Crippen LogP contribution in [-0.2, 0) is 6.42 Å². The van der Waals surface area contributed by atoms with Crippen molar-refractivity contribution in [3.63, 3.8) is 0 Å². The molecular weight excluding hydrogens is 334 g/mol. The smallest absolute Gasteiger partial charge is 0.269 e. The number of carbonyl (C=O) groups excluding carboxylic acids is 1. The third-order valence-corrected chi connectivity index (χ3v) is 4.14. The number of aryl methyl sites for hydroxylation is 3. The molecule has 0 fully saturated rings. The summed E-state index contributed by atoms with van der Waals surface area (Å²) in [5.74, 6) is 0.379. The topological polar surface area (TPSA) is 62.4 Å². The molecule has 3 N–H and O–H groups in total. The molecule has 0 spiro atoms. The van der Waals surface area contributed by atoms with Gasteiger partial charge in [0.2, 0.25) is 0 Å². The van der Waals surface area contributed by atoms with Gasteiger partial charge in [-0.15, -0.1) is 0 Å². The number of methoxy groups -OCH3 is 1. The molecule has 2 aromatic rings. The molecule has 0 aliphatic heterocycles. The molecule has 0 aliphatic carbocycles. The van der Waals surface area contributed by atoms with Gasteiger partial charge in [0.25, 0.3) is 5.91 Å². The second-order valence-electron chi connectivity index (χ2n) is 5.68. The van der Waals surface area contributed by atoms with E-state index in [4.69, 9.17) is 17.0 Å². The predicted molar refractivity (Wildman–Crippen MR) is 105 cm³/mol. The van der Waals surface area contributed by atoms with E-state index in [1.165, 1.54) is 5.56 Å². The second kappa shape index (κ2) is 8.48. The van der Waals surface area contributed by atoms with Crippen molar-refractivity contribution in [1.82, 2.24) is 10.9 Å². The lowest BCUT2D eigenvalue weighted by Gasteiger charge is -2.16. The lowest BCUT2D eigenvalue weighted by atomic mass is 10.1. The Morgan fingerprint density at radius 3 is 2.56 bits per heavy atom. The summed E-state index contributed by atoms with van der Waals surface area (Å²) in [7, 11) is 1.58. The number of hydrogen-bond acceptors (Lipinski definition) is 3. The first kappa shape index (κ1) is 18.7. The number of ether oxygens (including phenoxy) is 1. The van der Waals surface area contributed by atoms with Crippen molar-refractivity contribution in [3.05, 3.63) is 58.7 Å². The van der Waals surface area contributed by atoms with Crippen molar-refractivity contribution in [2.45, 2.75) is 27.2 Å². The highest BCUT2D eigenvalue weighted by Gasteiger charge is 2.10. The first-order chi connectivity index (χ1) is 12.0. The molecule has 0 atom stereocenters. The van der Waals surface area contributed by atoms with Crippen LogP contribution in [0.25, 0.3) is 0 Å². The number of rotatable bonds is 4. The highest BCUT2D eigenvalue weighted by atomic mass is 32.1. The quantitative estimate of drug-likeness (QED) is 0.577. The van der Waals surface area contributed by atoms with Crippen LogP contribution in [0.4, 0.5) is 5.69 Å². The molecule has 0 radical (unpaired) electrons. The van der Waals surface area contributed by atoms with Gasteiger partial charge in [-0.3, -0.25) is 15.6 Å². The van der Waals surface area contributed by atoms with Crippen LogP contribution in [0.15, 0.2) is 36.4 Å². The van der Waals surface area contributed by atoms with Crippen LogP contribution in [0.3, 0.4) is 0 Å². The fourth-order valence-corrected chi connectivity index (χ4v) is 2.65. The van der Waals surface area contributed by atoms with Crippen LogP contribution in [0.1, 0.15) is 34.0 Å². The van der Waals surface area contributed by atoms with Crippen molar-refractivity contribution in [1.29, 1.82) is 0 Å². The summed E-state index contributed by atoms with van der Waals surface area (Å²) in [5.41, 5.74) is 10.0. The number of nitrogens with one attached hydrogen (secondary N) is 3. The third kappa shape index (κ3) is 4.70. The van der Waals surface area contributed by atoms with E-state index in [2.05, 4.69) is 29.2 Å². The molecule has 2 aromatic carbocycles. The SMILES string of the molecule is CCc1cccc(C)c1NC(=S)NNC(=O)c1ccc(C)c(OC)c1. The third-order valence-electron chi connectivity index (χ3n) is 3.94. The fourth-order valence-electron chi connectivity index (χ4n) is 2.49. The average Bonchev–Trinajstić information content (AvgIpc) is 2.61. The zero-order chi connectivity index (χ0) is 18.4. The van der Waals surface area contributed by atoms with Crippen LogP contribution >= 0.6 is 12.2 Å². The lowest BCUT2D eigenvalue weighted by Crippen LogP contribution is -2.44. The number of thiocarbonyl (C=S) groups is 1. The summed E-state index contributed by atoms with van der Waals surface area (Å²) in [6, 6.07) is 11.4. The van der Waals surface area contributed by atoms with E-state index in [0.717, 1.165) is 23.2 Å². The Labute approximate surface area is 153 Å². The highest BCUT2D eigenvalue weighted by Crippen LogP contribution is 2.21. The molecule has 132 valence electrons. The van der Waals surface area contributed by atoms with Crippen LogP contribution in [-0.4, -0.2) is 18.1 Å². The van der Waals surface area contributed by atoms with E-state index in [0.29, 0.717) is 16.4 Å². The zero-order valence-corrected chi connectivity index (χ0v) is 15.7. The Bertz CT molecular complexity index is 790. The molecule has 2 rings (SSSR count). The molecule has 0 saturated heterocycles. The van der Waals surface area contributed by atoms with E-state index in [1.54, 1.807) is 19.2 Å². The monoisotopic (exact) mass is 357 g/mol. The van der Waals surface area contributed by atoms with E-state index in [1.807, 2.05) is 32.0 Å². The number of hydrogen-bond donors (Lipinski definition) is 3. The largest absolute Gasteiger partial charge is 0.496 e. The number of amides is 1. The summed E-state index contributed by atoms with van der Waals surface area (Å²) in [6.07, 6.45) is 0.891. The zero-order valence-electron chi connectivity index (χ0n) is 14.9. The fraction of sp³-hybridized carbons (Fsp3) is 0.263. The van der Waals surface area contributed by atoms with Gasteiger partial charge < -0.3 is 10.1 Å². The van der Waals surface area contributed by atoms with E-state index in [9.17, 15) is 4.79 Å². The van der Waals surface area contributed by atoms with Crippen molar-refractivity contribution in [2.75, 3.05) is 12.4 Å². The van der Waals surface area contributed by atoms with Crippen LogP contribution < -0.4 is 20.9 Å². The molecule has 1 amide bonds. The van der Waals surface area contributed by atoms with Gasteiger partial charge in [0.15, 0.2) is 5.11 Å². The Morgan fingerprint density at radius 1 is 1.12 bits per heavy atom. The maximum Gasteiger partial charge on any atom is 0.269 e. The highest BCUT2D eigenvalue weighted by molar-refractivity contribution is 7.80. The van der Waals surface area contributed by atoms with Gasteiger partial charge in [0, 0.05) is 11.3 Å². The van der Waals surface area contributed by atoms with Gasteiger partial charge in [-0.05, 0) is 61.3 Å². The molecule has 0 aliphatic rings. The Balaban J connectivity index is 1.99. The average molecular weight is 357 g/mol. The molecule has 0 bridgehead atoms. The lowest BCUT2D eigenvalue weighted by molar-refractivity contribution is 0.0944. The number of carbonyl (C=O) groups is 1. The van der Waals surface area contributed by atoms with Crippen LogP contribution in [0, 0.1) is 13.8 Å². The van der Waals surface area contributed by atoms with Crippen molar-refractivity contribution < 1.29 is 9.53 Å². The van der Waals surface area contributed by atoms with Crippen molar-refractivity contribution in [3.8, 4) is 5.75 Å². The Hall–Kier alpha value is -2.60. The predicted octanol–water partition coefficient (Wildman–Crippen LogP) is 3.51. The normalized spacial score (nSPS) is 10.1. The van der Waals surface area contributed by atoms with E-state index >= 15 is 0 Å². The Morgan fingerprint density at radius 2 is 1.88 bits per heavy atom. The van der Waals surface area contributed by atoms with Gasteiger partial charge in [-0.1, -0.05) is 31.2 Å². The van der Waals surface area contributed by atoms with E-state index < -0.39 is 0 Å². The van der Waals surface area contributed by atoms with E-state index in [-0.39, 0.29) is 5.91 Å². The summed E-state index contributed by atoms with van der Waals surface area (Å²) in [6.45, 7) is 6.02. The van der Waals surface area contributed by atoms with Gasteiger partial charge >= 0.3 is 0 Å². The number of benzene rings is 2. The van der Waals surface area contributed by atoms with Crippen molar-refractivity contribution in [2.24, 2.45) is 0 Å². The molecule has 5 nitrogen and oxygen atoms in total. The molecule has 0 heterocycles. The Kier molecular flexibility index (Phi) is 6.36. The van der Waals surface area contributed by atoms with Gasteiger partial charge in [0.05, 0.1) is 7.11 Å². The maximum atomic E-state index is 12.3. The molecule has 0 saturated carbocycles. The van der Waals surface area contributed by atoms with Gasteiger partial charge in [-0.25, -0.2) is 0 Å². The van der Waals surface area contributed by atoms with Gasteiger partial charge in [0.1, 0.15) is 5.75 Å². The van der Waals surface area contributed by atoms with Gasteiger partial charge in [-0.2, -0.15) is 0 Å². The number of anilines is 1. The number of hydrazine groups is 1. The molecule has 6 heteroatoms. The van der Waals surface area contributed by atoms with Crippen molar-refractivity contribution >= 4 is 28.9 Å². The summed E-state index contributed by atoms with van der Waals surface area (Å²) >= 11 is 5.28. The first-order valence-corrected chi connectivity index (χ1v) is 8.47. The minimum atomic E-state index is -0.289.